The lowest BCUT2D eigenvalue weighted by Gasteiger charge is -2.37. The first-order valence-electron chi connectivity index (χ1n) is 8.40. The maximum Gasteiger partial charge on any atom is 0.269 e. The van der Waals surface area contributed by atoms with E-state index in [2.05, 4.69) is 52.1 Å². The molecule has 3 aromatic rings. The van der Waals surface area contributed by atoms with E-state index in [1.807, 2.05) is 12.1 Å². The second-order valence-corrected chi connectivity index (χ2v) is 6.34. The van der Waals surface area contributed by atoms with Crippen molar-refractivity contribution in [2.24, 2.45) is 0 Å². The third-order valence-corrected chi connectivity index (χ3v) is 4.76. The predicted octanol–water partition coefficient (Wildman–Crippen LogP) is 4.00. The van der Waals surface area contributed by atoms with Gasteiger partial charge in [-0.3, -0.25) is 15.0 Å². The fraction of sp³-hybridized carbons (Fsp3) is 0.200. The van der Waals surface area contributed by atoms with Crippen LogP contribution in [0.1, 0.15) is 22.9 Å². The van der Waals surface area contributed by atoms with Crippen molar-refractivity contribution in [2.45, 2.75) is 19.1 Å². The molecular formula is C20H19N3O2. The van der Waals surface area contributed by atoms with Crippen LogP contribution in [0, 0.1) is 10.1 Å². The van der Waals surface area contributed by atoms with Gasteiger partial charge in [0.05, 0.1) is 11.0 Å². The highest BCUT2D eigenvalue weighted by atomic mass is 16.6. The second kappa shape index (κ2) is 6.53. The lowest BCUT2D eigenvalue weighted by molar-refractivity contribution is -0.384. The third-order valence-electron chi connectivity index (χ3n) is 4.76. The van der Waals surface area contributed by atoms with Crippen LogP contribution in [0.3, 0.4) is 0 Å². The molecule has 0 saturated heterocycles. The number of nitro benzene ring substituents is 1. The van der Waals surface area contributed by atoms with Crippen molar-refractivity contribution in [1.82, 2.24) is 9.47 Å². The molecule has 1 aromatic heterocycles. The molecule has 0 radical (unpaired) electrons. The SMILES string of the molecule is O=[N+]([O-])c1cccc(CN2CCn3cccc3[C@H]2c2ccccc2)c1. The van der Waals surface area contributed by atoms with Gasteiger partial charge in [-0.15, -0.1) is 0 Å². The number of hydrogen-bond donors (Lipinski definition) is 0. The lowest BCUT2D eigenvalue weighted by atomic mass is 9.99. The molecule has 5 nitrogen and oxygen atoms in total. The maximum absolute atomic E-state index is 11.0. The largest absolute Gasteiger partial charge is 0.348 e. The molecule has 2 aromatic carbocycles. The molecule has 1 aliphatic rings. The molecule has 0 saturated carbocycles. The monoisotopic (exact) mass is 333 g/mol. The fourth-order valence-electron chi connectivity index (χ4n) is 3.62. The zero-order valence-electron chi connectivity index (χ0n) is 13.8. The first-order chi connectivity index (χ1) is 12.2. The van der Waals surface area contributed by atoms with Crippen molar-refractivity contribution in [3.05, 3.63) is 99.9 Å². The van der Waals surface area contributed by atoms with E-state index in [-0.39, 0.29) is 16.7 Å². The Labute approximate surface area is 146 Å². The number of rotatable bonds is 4. The predicted molar refractivity (Wildman–Crippen MR) is 96.2 cm³/mol. The van der Waals surface area contributed by atoms with Gasteiger partial charge in [0.2, 0.25) is 0 Å². The Morgan fingerprint density at radius 2 is 1.84 bits per heavy atom. The third kappa shape index (κ3) is 3.06. The molecule has 2 heterocycles. The van der Waals surface area contributed by atoms with Gasteiger partial charge in [-0.25, -0.2) is 0 Å². The van der Waals surface area contributed by atoms with Crippen molar-refractivity contribution in [3.63, 3.8) is 0 Å². The van der Waals surface area contributed by atoms with Crippen LogP contribution in [0.2, 0.25) is 0 Å². The number of non-ortho nitro benzene ring substituents is 1. The number of benzene rings is 2. The van der Waals surface area contributed by atoms with Crippen molar-refractivity contribution >= 4 is 5.69 Å². The van der Waals surface area contributed by atoms with Gasteiger partial charge in [-0.1, -0.05) is 42.5 Å². The summed E-state index contributed by atoms with van der Waals surface area (Å²) in [5.41, 5.74) is 3.62. The normalized spacial score (nSPS) is 17.2. The molecule has 0 N–H and O–H groups in total. The van der Waals surface area contributed by atoms with E-state index in [1.165, 1.54) is 11.3 Å². The number of aromatic nitrogens is 1. The number of nitrogens with zero attached hydrogens (tertiary/aromatic N) is 3. The molecule has 0 fully saturated rings. The average molecular weight is 333 g/mol. The minimum absolute atomic E-state index is 0.147. The van der Waals surface area contributed by atoms with Crippen LogP contribution in [0.4, 0.5) is 5.69 Å². The molecule has 0 bridgehead atoms. The highest BCUT2D eigenvalue weighted by molar-refractivity contribution is 5.35. The van der Waals surface area contributed by atoms with E-state index < -0.39 is 0 Å². The van der Waals surface area contributed by atoms with Gasteiger partial charge in [0.15, 0.2) is 0 Å². The zero-order valence-corrected chi connectivity index (χ0v) is 13.8. The molecular weight excluding hydrogens is 314 g/mol. The van der Waals surface area contributed by atoms with E-state index in [0.29, 0.717) is 6.54 Å². The molecule has 1 atom stereocenters. The van der Waals surface area contributed by atoms with Gasteiger partial charge < -0.3 is 4.57 Å². The second-order valence-electron chi connectivity index (χ2n) is 6.34. The average Bonchev–Trinajstić information content (AvgIpc) is 3.11. The van der Waals surface area contributed by atoms with Gasteiger partial charge in [-0.2, -0.15) is 0 Å². The quantitative estimate of drug-likeness (QED) is 0.535. The summed E-state index contributed by atoms with van der Waals surface area (Å²) in [5, 5.41) is 11.0. The molecule has 0 unspecified atom stereocenters. The van der Waals surface area contributed by atoms with Crippen LogP contribution in [0.15, 0.2) is 72.9 Å². The lowest BCUT2D eigenvalue weighted by Crippen LogP contribution is -2.37. The Hall–Kier alpha value is -2.92. The Morgan fingerprint density at radius 3 is 2.64 bits per heavy atom. The van der Waals surface area contributed by atoms with Gasteiger partial charge in [0.1, 0.15) is 0 Å². The highest BCUT2D eigenvalue weighted by Gasteiger charge is 2.28. The minimum Gasteiger partial charge on any atom is -0.348 e. The smallest absolute Gasteiger partial charge is 0.269 e. The Balaban J connectivity index is 1.68. The van der Waals surface area contributed by atoms with Crippen molar-refractivity contribution in [1.29, 1.82) is 0 Å². The van der Waals surface area contributed by atoms with Crippen molar-refractivity contribution < 1.29 is 4.92 Å². The Morgan fingerprint density at radius 1 is 1.00 bits per heavy atom. The summed E-state index contributed by atoms with van der Waals surface area (Å²) in [6.45, 7) is 2.52. The van der Waals surface area contributed by atoms with Crippen LogP contribution < -0.4 is 0 Å². The summed E-state index contributed by atoms with van der Waals surface area (Å²) >= 11 is 0. The molecule has 0 aliphatic carbocycles. The summed E-state index contributed by atoms with van der Waals surface area (Å²) in [6, 6.07) is 21.8. The number of fused-ring (bicyclic) bond motifs is 1. The van der Waals surface area contributed by atoms with Gasteiger partial charge in [0.25, 0.3) is 5.69 Å². The van der Waals surface area contributed by atoms with Crippen LogP contribution in [0.25, 0.3) is 0 Å². The van der Waals surface area contributed by atoms with E-state index >= 15 is 0 Å². The Bertz CT molecular complexity index is 889. The standard InChI is InChI=1S/C20H19N3O2/c24-23(25)18-9-4-6-16(14-18)15-22-13-12-21-11-5-10-19(21)20(22)17-7-2-1-3-8-17/h1-11,14,20H,12-13,15H2/t20-/m1/s1. The van der Waals surface area contributed by atoms with Gasteiger partial charge in [-0.05, 0) is 23.3 Å². The van der Waals surface area contributed by atoms with Gasteiger partial charge >= 0.3 is 0 Å². The van der Waals surface area contributed by atoms with Crippen LogP contribution in [-0.4, -0.2) is 20.9 Å². The first-order valence-corrected chi connectivity index (χ1v) is 8.40. The molecule has 0 amide bonds. The van der Waals surface area contributed by atoms with Crippen LogP contribution in [0.5, 0.6) is 0 Å². The number of hydrogen-bond acceptors (Lipinski definition) is 3. The highest BCUT2D eigenvalue weighted by Crippen LogP contribution is 2.33. The van der Waals surface area contributed by atoms with E-state index in [9.17, 15) is 10.1 Å². The van der Waals surface area contributed by atoms with Gasteiger partial charge in [0, 0.05) is 43.7 Å². The summed E-state index contributed by atoms with van der Waals surface area (Å²) < 4.78 is 2.29. The molecule has 1 aliphatic heterocycles. The molecule has 5 heteroatoms. The maximum atomic E-state index is 11.0. The topological polar surface area (TPSA) is 51.3 Å². The fourth-order valence-corrected chi connectivity index (χ4v) is 3.62. The summed E-state index contributed by atoms with van der Waals surface area (Å²) in [6.07, 6.45) is 2.12. The Kier molecular flexibility index (Phi) is 4.07. The molecule has 0 spiro atoms. The summed E-state index contributed by atoms with van der Waals surface area (Å²) in [4.78, 5) is 13.1. The molecule has 4 rings (SSSR count). The minimum atomic E-state index is -0.334. The molecule has 25 heavy (non-hydrogen) atoms. The first kappa shape index (κ1) is 15.6. The van der Waals surface area contributed by atoms with Crippen molar-refractivity contribution in [3.8, 4) is 0 Å². The van der Waals surface area contributed by atoms with Crippen molar-refractivity contribution in [2.75, 3.05) is 6.54 Å². The van der Waals surface area contributed by atoms with E-state index in [1.54, 1.807) is 18.2 Å². The number of nitro groups is 1. The zero-order chi connectivity index (χ0) is 17.2. The van der Waals surface area contributed by atoms with Crippen LogP contribution >= 0.6 is 0 Å². The summed E-state index contributed by atoms with van der Waals surface area (Å²) in [7, 11) is 0. The van der Waals surface area contributed by atoms with E-state index in [0.717, 1.165) is 18.7 Å². The summed E-state index contributed by atoms with van der Waals surface area (Å²) in [5.74, 6) is 0. The van der Waals surface area contributed by atoms with E-state index in [4.69, 9.17) is 0 Å². The molecule has 126 valence electrons. The van der Waals surface area contributed by atoms with Crippen LogP contribution in [-0.2, 0) is 13.1 Å².